The zero-order valence-electron chi connectivity index (χ0n) is 10.7. The first-order valence-corrected chi connectivity index (χ1v) is 7.23. The quantitative estimate of drug-likeness (QED) is 0.854. The largest absolute Gasteiger partial charge is 0.354 e. The number of nitrogens with zero attached hydrogens (tertiary/aromatic N) is 4. The summed E-state index contributed by atoms with van der Waals surface area (Å²) in [7, 11) is 0. The molecule has 1 unspecified atom stereocenters. The predicted molar refractivity (Wildman–Crippen MR) is 78.0 cm³/mol. The molecule has 0 amide bonds. The monoisotopic (exact) mass is 298 g/mol. The minimum atomic E-state index is 0.176. The van der Waals surface area contributed by atoms with Gasteiger partial charge in [0.2, 0.25) is 17.2 Å². The van der Waals surface area contributed by atoms with Crippen molar-refractivity contribution in [2.45, 2.75) is 19.8 Å². The van der Waals surface area contributed by atoms with E-state index in [0.717, 1.165) is 11.6 Å². The Kier molecular flexibility index (Phi) is 4.86. The molecule has 0 aromatic carbocycles. The highest BCUT2D eigenvalue weighted by molar-refractivity contribution is 7.09. The Morgan fingerprint density at radius 1 is 1.26 bits per heavy atom. The van der Waals surface area contributed by atoms with Crippen molar-refractivity contribution in [2.75, 3.05) is 23.7 Å². The molecule has 2 N–H and O–H groups in total. The Balaban J connectivity index is 1.99. The fourth-order valence-corrected chi connectivity index (χ4v) is 2.33. The molecule has 1 atom stereocenters. The molecule has 0 spiro atoms. The molecule has 0 aliphatic carbocycles. The van der Waals surface area contributed by atoms with Gasteiger partial charge in [0.15, 0.2) is 0 Å². The van der Waals surface area contributed by atoms with Gasteiger partial charge in [-0.1, -0.05) is 6.92 Å². The number of anilines is 2. The Morgan fingerprint density at radius 2 is 2.00 bits per heavy atom. The van der Waals surface area contributed by atoms with Gasteiger partial charge in [-0.15, -0.1) is 11.3 Å². The number of nitrogens with one attached hydrogen (secondary N) is 2. The van der Waals surface area contributed by atoms with Crippen molar-refractivity contribution in [1.29, 1.82) is 0 Å². The molecule has 2 heterocycles. The third kappa shape index (κ3) is 4.00. The first-order valence-electron chi connectivity index (χ1n) is 5.97. The van der Waals surface area contributed by atoms with Gasteiger partial charge in [-0.05, 0) is 18.5 Å². The molecule has 2 aromatic heterocycles. The standard InChI is InChI=1S/C11H15ClN6S/c1-3-13-10-16-9(12)17-11(18-10)15-6-7(2)8-14-4-5-19-8/h4-5,7H,3,6H2,1-2H3,(H2,13,15,16,17,18). The van der Waals surface area contributed by atoms with E-state index < -0.39 is 0 Å². The number of thiazole rings is 1. The molecule has 8 heteroatoms. The Morgan fingerprint density at radius 3 is 2.63 bits per heavy atom. The molecule has 6 nitrogen and oxygen atoms in total. The first-order chi connectivity index (χ1) is 9.19. The minimum Gasteiger partial charge on any atom is -0.354 e. The summed E-state index contributed by atoms with van der Waals surface area (Å²) < 4.78 is 0. The van der Waals surface area contributed by atoms with Crippen LogP contribution in [-0.4, -0.2) is 33.0 Å². The van der Waals surface area contributed by atoms with E-state index in [9.17, 15) is 0 Å². The van der Waals surface area contributed by atoms with Crippen molar-refractivity contribution < 1.29 is 0 Å². The highest BCUT2D eigenvalue weighted by atomic mass is 35.5. The van der Waals surface area contributed by atoms with Crippen LogP contribution in [0.2, 0.25) is 5.28 Å². The van der Waals surface area contributed by atoms with E-state index in [2.05, 4.69) is 37.5 Å². The van der Waals surface area contributed by atoms with Crippen LogP contribution < -0.4 is 10.6 Å². The lowest BCUT2D eigenvalue weighted by atomic mass is 10.2. The Hall–Kier alpha value is -1.47. The average Bonchev–Trinajstić information content (AvgIpc) is 2.89. The number of hydrogen-bond acceptors (Lipinski definition) is 7. The third-order valence-corrected chi connectivity index (χ3v) is 3.56. The topological polar surface area (TPSA) is 75.6 Å². The maximum Gasteiger partial charge on any atom is 0.228 e. The third-order valence-electron chi connectivity index (χ3n) is 2.38. The van der Waals surface area contributed by atoms with Crippen molar-refractivity contribution in [2.24, 2.45) is 0 Å². The van der Waals surface area contributed by atoms with Crippen LogP contribution in [0, 0.1) is 0 Å². The average molecular weight is 299 g/mol. The van der Waals surface area contributed by atoms with Crippen LogP contribution in [0.25, 0.3) is 0 Å². The second-order valence-electron chi connectivity index (χ2n) is 3.93. The van der Waals surface area contributed by atoms with E-state index in [1.165, 1.54) is 0 Å². The van der Waals surface area contributed by atoms with E-state index in [1.807, 2.05) is 12.3 Å². The van der Waals surface area contributed by atoms with E-state index in [0.29, 0.717) is 18.4 Å². The van der Waals surface area contributed by atoms with Gasteiger partial charge in [0.25, 0.3) is 0 Å². The van der Waals surface area contributed by atoms with Crippen LogP contribution in [0.3, 0.4) is 0 Å². The second kappa shape index (κ2) is 6.63. The maximum atomic E-state index is 5.85. The SMILES string of the molecule is CCNc1nc(Cl)nc(NCC(C)c2nccs2)n1. The van der Waals surface area contributed by atoms with E-state index >= 15 is 0 Å². The molecule has 0 saturated carbocycles. The summed E-state index contributed by atoms with van der Waals surface area (Å²) in [5, 5.41) is 9.39. The maximum absolute atomic E-state index is 5.85. The normalized spacial score (nSPS) is 12.2. The molecule has 2 rings (SSSR count). The Labute approximate surface area is 120 Å². The number of rotatable bonds is 6. The smallest absolute Gasteiger partial charge is 0.228 e. The van der Waals surface area contributed by atoms with Crippen LogP contribution in [0.5, 0.6) is 0 Å². The van der Waals surface area contributed by atoms with Gasteiger partial charge in [0.05, 0.1) is 5.01 Å². The van der Waals surface area contributed by atoms with Crippen LogP contribution in [0.1, 0.15) is 24.8 Å². The van der Waals surface area contributed by atoms with E-state index in [1.54, 1.807) is 17.5 Å². The van der Waals surface area contributed by atoms with Gasteiger partial charge < -0.3 is 10.6 Å². The molecule has 0 fully saturated rings. The Bertz CT molecular complexity index is 518. The molecule has 0 radical (unpaired) electrons. The number of hydrogen-bond donors (Lipinski definition) is 2. The summed E-state index contributed by atoms with van der Waals surface area (Å²) in [6.07, 6.45) is 1.81. The van der Waals surface area contributed by atoms with E-state index in [4.69, 9.17) is 11.6 Å². The summed E-state index contributed by atoms with van der Waals surface area (Å²) in [5.41, 5.74) is 0. The lowest BCUT2D eigenvalue weighted by molar-refractivity contribution is 0.786. The van der Waals surface area contributed by atoms with Crippen molar-refractivity contribution in [3.05, 3.63) is 21.9 Å². The van der Waals surface area contributed by atoms with Crippen molar-refractivity contribution in [3.63, 3.8) is 0 Å². The lowest BCUT2D eigenvalue weighted by Crippen LogP contribution is -2.13. The molecular formula is C11H15ClN6S. The molecule has 0 aliphatic heterocycles. The molecule has 0 bridgehead atoms. The summed E-state index contributed by atoms with van der Waals surface area (Å²) in [4.78, 5) is 16.5. The molecular weight excluding hydrogens is 284 g/mol. The van der Waals surface area contributed by atoms with Gasteiger partial charge in [-0.2, -0.15) is 15.0 Å². The second-order valence-corrected chi connectivity index (χ2v) is 5.20. The first kappa shape index (κ1) is 14.0. The predicted octanol–water partition coefficient (Wildman–Crippen LogP) is 2.63. The van der Waals surface area contributed by atoms with Crippen LogP contribution in [-0.2, 0) is 0 Å². The summed E-state index contributed by atoms with van der Waals surface area (Å²) in [6.45, 7) is 5.49. The zero-order chi connectivity index (χ0) is 13.7. The van der Waals surface area contributed by atoms with Crippen LogP contribution in [0.4, 0.5) is 11.9 Å². The van der Waals surface area contributed by atoms with Crippen LogP contribution in [0.15, 0.2) is 11.6 Å². The van der Waals surface area contributed by atoms with E-state index in [-0.39, 0.29) is 11.2 Å². The molecule has 102 valence electrons. The van der Waals surface area contributed by atoms with Crippen LogP contribution >= 0.6 is 22.9 Å². The van der Waals surface area contributed by atoms with Gasteiger partial charge >= 0.3 is 0 Å². The molecule has 0 saturated heterocycles. The summed E-state index contributed by atoms with van der Waals surface area (Å²) in [6, 6.07) is 0. The van der Waals surface area contributed by atoms with Crippen molar-refractivity contribution in [1.82, 2.24) is 19.9 Å². The summed E-state index contributed by atoms with van der Waals surface area (Å²) >= 11 is 7.49. The highest BCUT2D eigenvalue weighted by Crippen LogP contribution is 2.18. The van der Waals surface area contributed by atoms with Crippen molar-refractivity contribution >= 4 is 34.8 Å². The van der Waals surface area contributed by atoms with Crippen molar-refractivity contribution in [3.8, 4) is 0 Å². The fraction of sp³-hybridized carbons (Fsp3) is 0.455. The highest BCUT2D eigenvalue weighted by Gasteiger charge is 2.10. The summed E-state index contributed by atoms with van der Waals surface area (Å²) in [5.74, 6) is 1.24. The van der Waals surface area contributed by atoms with Gasteiger partial charge in [0.1, 0.15) is 0 Å². The molecule has 2 aromatic rings. The molecule has 19 heavy (non-hydrogen) atoms. The van der Waals surface area contributed by atoms with Gasteiger partial charge in [-0.3, -0.25) is 0 Å². The van der Waals surface area contributed by atoms with Gasteiger partial charge in [0, 0.05) is 30.6 Å². The number of halogens is 1. The zero-order valence-corrected chi connectivity index (χ0v) is 12.3. The minimum absolute atomic E-state index is 0.176. The number of aromatic nitrogens is 4. The lowest BCUT2D eigenvalue weighted by Gasteiger charge is -2.10. The van der Waals surface area contributed by atoms with Gasteiger partial charge in [-0.25, -0.2) is 4.98 Å². The fourth-order valence-electron chi connectivity index (χ4n) is 1.48. The molecule has 0 aliphatic rings.